The molecule has 7 nitrogen and oxygen atoms in total. The predicted molar refractivity (Wildman–Crippen MR) is 108 cm³/mol. The quantitative estimate of drug-likeness (QED) is 0.778. The van der Waals surface area contributed by atoms with E-state index in [1.165, 1.54) is 0 Å². The van der Waals surface area contributed by atoms with Crippen molar-refractivity contribution < 1.29 is 19.1 Å². The minimum absolute atomic E-state index is 0. The molecule has 0 saturated carbocycles. The number of amidine groups is 1. The fourth-order valence-corrected chi connectivity index (χ4v) is 3.51. The Morgan fingerprint density at radius 3 is 2.54 bits per heavy atom. The number of rotatable bonds is 3. The molecule has 2 aliphatic heterocycles. The van der Waals surface area contributed by atoms with Crippen molar-refractivity contribution in [3.05, 3.63) is 35.0 Å². The molecule has 146 valence electrons. The van der Waals surface area contributed by atoms with Gasteiger partial charge in [0.05, 0.1) is 25.7 Å². The fourth-order valence-electron chi connectivity index (χ4n) is 3.51. The van der Waals surface area contributed by atoms with Gasteiger partial charge in [0.2, 0.25) is 0 Å². The van der Waals surface area contributed by atoms with Gasteiger partial charge in [-0.15, -0.1) is 12.4 Å². The number of ketones is 2. The predicted octanol–water partition coefficient (Wildman–Crippen LogP) is 2.60. The third kappa shape index (κ3) is 2.96. The summed E-state index contributed by atoms with van der Waals surface area (Å²) >= 11 is 0. The van der Waals surface area contributed by atoms with E-state index in [2.05, 4.69) is 15.0 Å². The van der Waals surface area contributed by atoms with Crippen molar-refractivity contribution >= 4 is 41.7 Å². The maximum absolute atomic E-state index is 12.7. The summed E-state index contributed by atoms with van der Waals surface area (Å²) in [6.07, 6.45) is 1.77. The summed E-state index contributed by atoms with van der Waals surface area (Å²) in [5.41, 5.74) is 1.22. The third-order valence-corrected chi connectivity index (χ3v) is 5.06. The van der Waals surface area contributed by atoms with Gasteiger partial charge in [0.15, 0.2) is 17.4 Å². The average Bonchev–Trinajstić information content (AvgIpc) is 3.10. The van der Waals surface area contributed by atoms with E-state index in [1.54, 1.807) is 52.5 Å². The highest BCUT2D eigenvalue weighted by molar-refractivity contribution is 6.51. The van der Waals surface area contributed by atoms with E-state index in [9.17, 15) is 9.59 Å². The van der Waals surface area contributed by atoms with Crippen LogP contribution in [0, 0.1) is 5.92 Å². The Morgan fingerprint density at radius 1 is 1.11 bits per heavy atom. The number of fused-ring (bicyclic) bond motifs is 2. The maximum Gasteiger partial charge on any atom is 0.184 e. The molecule has 0 saturated heterocycles. The molecule has 4 rings (SSSR count). The summed E-state index contributed by atoms with van der Waals surface area (Å²) in [4.78, 5) is 38.7. The van der Waals surface area contributed by atoms with Crippen molar-refractivity contribution in [3.63, 3.8) is 0 Å². The maximum atomic E-state index is 12.7. The number of halogens is 1. The van der Waals surface area contributed by atoms with Gasteiger partial charge < -0.3 is 9.47 Å². The van der Waals surface area contributed by atoms with Gasteiger partial charge in [0.25, 0.3) is 0 Å². The zero-order chi connectivity index (χ0) is 19.3. The molecule has 1 aliphatic carbocycles. The Hall–Kier alpha value is -2.80. The number of methoxy groups -OCH3 is 2. The standard InChI is InChI=1S/C20H19N3O4.ClH/c1-20(2)18(25)12-8-14(24)17-16(13(12)9-21-20)22-19(23-17)11-6-5-10(26-3)7-15(11)27-4;/h5-7,9,12H,8H2,1-4H3;1H. The lowest BCUT2D eigenvalue weighted by atomic mass is 9.74. The Bertz CT molecular complexity index is 1000. The lowest BCUT2D eigenvalue weighted by molar-refractivity contribution is -0.128. The summed E-state index contributed by atoms with van der Waals surface area (Å²) in [5, 5.41) is 0. The molecular formula is C20H20ClN3O4. The van der Waals surface area contributed by atoms with Crippen LogP contribution < -0.4 is 9.47 Å². The largest absolute Gasteiger partial charge is 0.497 e. The van der Waals surface area contributed by atoms with Gasteiger partial charge in [-0.1, -0.05) is 0 Å². The highest BCUT2D eigenvalue weighted by Gasteiger charge is 2.45. The van der Waals surface area contributed by atoms with Crippen LogP contribution in [0.15, 0.2) is 44.4 Å². The Balaban J connectivity index is 0.00000225. The number of hydrogen-bond acceptors (Lipinski definition) is 7. The number of aliphatic imine (C=N–C) groups is 3. The van der Waals surface area contributed by atoms with Crippen molar-refractivity contribution in [1.29, 1.82) is 0 Å². The Kier molecular flexibility index (Phi) is 4.97. The molecule has 1 aromatic carbocycles. The van der Waals surface area contributed by atoms with Crippen LogP contribution in [-0.4, -0.2) is 49.1 Å². The second-order valence-electron chi connectivity index (χ2n) is 7.13. The molecule has 8 heteroatoms. The zero-order valence-electron chi connectivity index (χ0n) is 16.0. The lowest BCUT2D eigenvalue weighted by Crippen LogP contribution is -2.44. The van der Waals surface area contributed by atoms with E-state index >= 15 is 0 Å². The first-order chi connectivity index (χ1) is 12.9. The highest BCUT2D eigenvalue weighted by Crippen LogP contribution is 2.37. The van der Waals surface area contributed by atoms with Crippen LogP contribution in [-0.2, 0) is 9.59 Å². The van der Waals surface area contributed by atoms with E-state index in [0.717, 1.165) is 0 Å². The molecule has 1 unspecified atom stereocenters. The summed E-state index contributed by atoms with van der Waals surface area (Å²) in [6.45, 7) is 3.51. The molecule has 0 N–H and O–H groups in total. The van der Waals surface area contributed by atoms with Crippen LogP contribution in [0.2, 0.25) is 0 Å². The van der Waals surface area contributed by atoms with Crippen LogP contribution >= 0.6 is 12.4 Å². The first-order valence-electron chi connectivity index (χ1n) is 8.63. The van der Waals surface area contributed by atoms with Crippen LogP contribution in [0.1, 0.15) is 25.8 Å². The zero-order valence-corrected chi connectivity index (χ0v) is 16.8. The fraction of sp³-hybridized carbons (Fsp3) is 0.350. The molecule has 3 aliphatic rings. The number of carbonyl (C=O) groups is 2. The van der Waals surface area contributed by atoms with Crippen LogP contribution in [0.3, 0.4) is 0 Å². The number of benzene rings is 1. The summed E-state index contributed by atoms with van der Waals surface area (Å²) in [6, 6.07) is 5.30. The molecular weight excluding hydrogens is 382 g/mol. The van der Waals surface area contributed by atoms with Crippen molar-refractivity contribution in [2.24, 2.45) is 20.9 Å². The first kappa shape index (κ1) is 19.9. The summed E-state index contributed by atoms with van der Waals surface area (Å²) in [7, 11) is 3.12. The minimum Gasteiger partial charge on any atom is -0.497 e. The molecule has 0 radical (unpaired) electrons. The molecule has 2 heterocycles. The molecule has 1 atom stereocenters. The number of ether oxygens (including phenoxy) is 2. The van der Waals surface area contributed by atoms with Gasteiger partial charge in [0.1, 0.15) is 28.4 Å². The van der Waals surface area contributed by atoms with Crippen LogP contribution in [0.4, 0.5) is 0 Å². The van der Waals surface area contributed by atoms with E-state index in [0.29, 0.717) is 34.2 Å². The Morgan fingerprint density at radius 2 is 1.86 bits per heavy atom. The van der Waals surface area contributed by atoms with E-state index in [1.807, 2.05) is 0 Å². The van der Waals surface area contributed by atoms with E-state index in [-0.39, 0.29) is 36.1 Å². The lowest BCUT2D eigenvalue weighted by Gasteiger charge is -2.32. The average molecular weight is 402 g/mol. The molecule has 1 aromatic rings. The number of allylic oxidation sites excluding steroid dienone is 2. The van der Waals surface area contributed by atoms with Gasteiger partial charge in [-0.2, -0.15) is 0 Å². The van der Waals surface area contributed by atoms with Crippen molar-refractivity contribution in [1.82, 2.24) is 0 Å². The number of carbonyl (C=O) groups excluding carboxylic acids is 2. The van der Waals surface area contributed by atoms with Crippen molar-refractivity contribution in [2.75, 3.05) is 14.2 Å². The van der Waals surface area contributed by atoms with E-state index in [4.69, 9.17) is 9.47 Å². The summed E-state index contributed by atoms with van der Waals surface area (Å²) < 4.78 is 10.6. The van der Waals surface area contributed by atoms with Gasteiger partial charge in [-0.25, -0.2) is 9.98 Å². The van der Waals surface area contributed by atoms with Gasteiger partial charge in [-0.3, -0.25) is 14.6 Å². The smallest absolute Gasteiger partial charge is 0.184 e. The van der Waals surface area contributed by atoms with Crippen LogP contribution in [0.25, 0.3) is 0 Å². The highest BCUT2D eigenvalue weighted by atomic mass is 35.5. The van der Waals surface area contributed by atoms with Crippen molar-refractivity contribution in [3.8, 4) is 11.5 Å². The number of Topliss-reactive ketones (excluding diaryl/α,β-unsaturated/α-hetero) is 2. The van der Waals surface area contributed by atoms with Crippen LogP contribution in [0.5, 0.6) is 11.5 Å². The molecule has 0 amide bonds. The second kappa shape index (κ2) is 6.98. The third-order valence-electron chi connectivity index (χ3n) is 5.06. The molecule has 0 fully saturated rings. The number of hydrogen-bond donors (Lipinski definition) is 0. The first-order valence-corrected chi connectivity index (χ1v) is 8.63. The molecule has 0 bridgehead atoms. The summed E-state index contributed by atoms with van der Waals surface area (Å²) in [5.74, 6) is 0.811. The molecule has 28 heavy (non-hydrogen) atoms. The van der Waals surface area contributed by atoms with Gasteiger partial charge in [0, 0.05) is 24.3 Å². The van der Waals surface area contributed by atoms with Gasteiger partial charge in [-0.05, 0) is 26.0 Å². The van der Waals surface area contributed by atoms with Crippen molar-refractivity contribution in [2.45, 2.75) is 25.8 Å². The van der Waals surface area contributed by atoms with E-state index < -0.39 is 11.5 Å². The number of nitrogens with zero attached hydrogens (tertiary/aromatic N) is 3. The molecule has 0 aromatic heterocycles. The second-order valence-corrected chi connectivity index (χ2v) is 7.13. The monoisotopic (exact) mass is 401 g/mol. The minimum atomic E-state index is -0.825. The SMILES string of the molecule is COc1ccc(C2=NC3=C4C=NC(C)(C)C(=O)C4CC(=O)C3=N2)c(OC)c1.Cl. The Labute approximate surface area is 168 Å². The normalized spacial score (nSPS) is 22.1. The van der Waals surface area contributed by atoms with Gasteiger partial charge >= 0.3 is 0 Å². The topological polar surface area (TPSA) is 89.7 Å². The molecule has 0 spiro atoms.